The fourth-order valence-electron chi connectivity index (χ4n) is 1.41. The van der Waals surface area contributed by atoms with Crippen LogP contribution in [-0.4, -0.2) is 16.1 Å². The molecular formula is C10H17N3. The summed E-state index contributed by atoms with van der Waals surface area (Å²) in [7, 11) is 2.01. The molecule has 0 radical (unpaired) electrons. The predicted molar refractivity (Wildman–Crippen MR) is 54.4 cm³/mol. The van der Waals surface area contributed by atoms with Crippen molar-refractivity contribution >= 4 is 0 Å². The van der Waals surface area contributed by atoms with E-state index in [1.54, 1.807) is 0 Å². The van der Waals surface area contributed by atoms with E-state index in [4.69, 9.17) is 0 Å². The normalized spacial score (nSPS) is 12.8. The first-order chi connectivity index (χ1) is 6.29. The second-order valence-electron chi connectivity index (χ2n) is 3.03. The molecule has 0 aliphatic heterocycles. The Hall–Kier alpha value is -1.09. The summed E-state index contributed by atoms with van der Waals surface area (Å²) in [6.45, 7) is 6.79. The van der Waals surface area contributed by atoms with E-state index in [-0.39, 0.29) is 0 Å². The second-order valence-corrected chi connectivity index (χ2v) is 3.03. The first kappa shape index (κ1) is 9.99. The number of aromatic nitrogens is 2. The molecule has 0 bridgehead atoms. The van der Waals surface area contributed by atoms with E-state index in [1.165, 1.54) is 0 Å². The van der Waals surface area contributed by atoms with Crippen LogP contribution in [0.15, 0.2) is 25.0 Å². The van der Waals surface area contributed by atoms with Crippen LogP contribution in [0.3, 0.4) is 0 Å². The highest BCUT2D eigenvalue weighted by Crippen LogP contribution is 2.13. The molecule has 1 aromatic heterocycles. The van der Waals surface area contributed by atoms with E-state index in [9.17, 15) is 0 Å². The zero-order valence-corrected chi connectivity index (χ0v) is 8.33. The van der Waals surface area contributed by atoms with Crippen molar-refractivity contribution in [2.75, 3.05) is 6.54 Å². The van der Waals surface area contributed by atoms with E-state index in [0.29, 0.717) is 6.04 Å². The maximum absolute atomic E-state index is 4.31. The zero-order chi connectivity index (χ0) is 9.68. The molecule has 1 rings (SSSR count). The summed E-state index contributed by atoms with van der Waals surface area (Å²) in [4.78, 5) is 4.31. The minimum atomic E-state index is 0.294. The van der Waals surface area contributed by atoms with E-state index >= 15 is 0 Å². The van der Waals surface area contributed by atoms with Crippen molar-refractivity contribution in [3.8, 4) is 0 Å². The van der Waals surface area contributed by atoms with Crippen molar-refractivity contribution in [3.63, 3.8) is 0 Å². The molecule has 3 heteroatoms. The molecule has 1 unspecified atom stereocenters. The summed E-state index contributed by atoms with van der Waals surface area (Å²) >= 11 is 0. The van der Waals surface area contributed by atoms with Gasteiger partial charge in [-0.15, -0.1) is 6.58 Å². The van der Waals surface area contributed by atoms with Gasteiger partial charge in [0.1, 0.15) is 5.82 Å². The fourth-order valence-corrected chi connectivity index (χ4v) is 1.41. The van der Waals surface area contributed by atoms with Crippen LogP contribution in [0.25, 0.3) is 0 Å². The number of aryl methyl sites for hydroxylation is 1. The highest BCUT2D eigenvalue weighted by atomic mass is 15.1. The van der Waals surface area contributed by atoms with Crippen molar-refractivity contribution in [3.05, 3.63) is 30.9 Å². The number of hydrogen-bond donors (Lipinski definition) is 1. The summed E-state index contributed by atoms with van der Waals surface area (Å²) in [6.07, 6.45) is 6.62. The Bertz CT molecular complexity index is 265. The van der Waals surface area contributed by atoms with Gasteiger partial charge in [-0.05, 0) is 13.0 Å². The van der Waals surface area contributed by atoms with Gasteiger partial charge in [0.05, 0.1) is 6.04 Å². The smallest absolute Gasteiger partial charge is 0.125 e. The third-order valence-corrected chi connectivity index (χ3v) is 2.02. The van der Waals surface area contributed by atoms with Crippen LogP contribution >= 0.6 is 0 Å². The van der Waals surface area contributed by atoms with E-state index in [1.807, 2.05) is 30.1 Å². The largest absolute Gasteiger partial charge is 0.337 e. The molecule has 1 heterocycles. The quantitative estimate of drug-likeness (QED) is 0.696. The molecule has 0 aliphatic rings. The lowest BCUT2D eigenvalue weighted by atomic mass is 10.2. The Kier molecular flexibility index (Phi) is 3.71. The zero-order valence-electron chi connectivity index (χ0n) is 8.33. The van der Waals surface area contributed by atoms with Crippen molar-refractivity contribution < 1.29 is 0 Å². The number of nitrogens with zero attached hydrogens (tertiary/aromatic N) is 2. The van der Waals surface area contributed by atoms with Gasteiger partial charge in [-0.2, -0.15) is 0 Å². The van der Waals surface area contributed by atoms with Gasteiger partial charge in [-0.3, -0.25) is 0 Å². The number of nitrogens with one attached hydrogen (secondary N) is 1. The Morgan fingerprint density at radius 1 is 1.77 bits per heavy atom. The summed E-state index contributed by atoms with van der Waals surface area (Å²) < 4.78 is 2.04. The third kappa shape index (κ3) is 2.42. The Morgan fingerprint density at radius 2 is 2.54 bits per heavy atom. The highest BCUT2D eigenvalue weighted by Gasteiger charge is 2.11. The van der Waals surface area contributed by atoms with Crippen molar-refractivity contribution in [1.82, 2.24) is 14.9 Å². The Balaban J connectivity index is 2.74. The van der Waals surface area contributed by atoms with E-state index in [2.05, 4.69) is 23.8 Å². The van der Waals surface area contributed by atoms with Gasteiger partial charge in [0.15, 0.2) is 0 Å². The van der Waals surface area contributed by atoms with Gasteiger partial charge in [-0.1, -0.05) is 13.0 Å². The van der Waals surface area contributed by atoms with Crippen LogP contribution in [0.4, 0.5) is 0 Å². The number of hydrogen-bond acceptors (Lipinski definition) is 2. The van der Waals surface area contributed by atoms with Crippen LogP contribution in [0.5, 0.6) is 0 Å². The topological polar surface area (TPSA) is 29.9 Å². The van der Waals surface area contributed by atoms with Gasteiger partial charge >= 0.3 is 0 Å². The molecule has 13 heavy (non-hydrogen) atoms. The number of rotatable bonds is 5. The summed E-state index contributed by atoms with van der Waals surface area (Å²) in [5.41, 5.74) is 0. The standard InChI is InChI=1S/C10H17N3/c1-4-6-9(11-5-2)10-12-7-8-13(10)3/h4,7-9,11H,1,5-6H2,2-3H3. The molecule has 1 N–H and O–H groups in total. The molecule has 0 fully saturated rings. The minimum absolute atomic E-state index is 0.294. The monoisotopic (exact) mass is 179 g/mol. The molecule has 0 spiro atoms. The Labute approximate surface area is 79.5 Å². The first-order valence-corrected chi connectivity index (χ1v) is 4.61. The van der Waals surface area contributed by atoms with Crippen LogP contribution in [0.2, 0.25) is 0 Å². The van der Waals surface area contributed by atoms with Gasteiger partial charge < -0.3 is 9.88 Å². The van der Waals surface area contributed by atoms with Crippen LogP contribution < -0.4 is 5.32 Å². The Morgan fingerprint density at radius 3 is 3.00 bits per heavy atom. The lowest BCUT2D eigenvalue weighted by Gasteiger charge is -2.15. The lowest BCUT2D eigenvalue weighted by Crippen LogP contribution is -2.23. The molecule has 0 amide bonds. The summed E-state index contributed by atoms with van der Waals surface area (Å²) in [5, 5.41) is 3.37. The average Bonchev–Trinajstić information content (AvgIpc) is 2.51. The predicted octanol–water partition coefficient (Wildman–Crippen LogP) is 1.65. The molecule has 3 nitrogen and oxygen atoms in total. The molecule has 0 saturated carbocycles. The van der Waals surface area contributed by atoms with E-state index < -0.39 is 0 Å². The van der Waals surface area contributed by atoms with Crippen molar-refractivity contribution in [1.29, 1.82) is 0 Å². The molecular weight excluding hydrogens is 162 g/mol. The molecule has 0 aliphatic carbocycles. The summed E-state index contributed by atoms with van der Waals surface area (Å²) in [5.74, 6) is 1.07. The summed E-state index contributed by atoms with van der Waals surface area (Å²) in [6, 6.07) is 0.294. The van der Waals surface area contributed by atoms with Crippen molar-refractivity contribution in [2.24, 2.45) is 7.05 Å². The van der Waals surface area contributed by atoms with E-state index in [0.717, 1.165) is 18.8 Å². The van der Waals surface area contributed by atoms with Crippen LogP contribution in [0, 0.1) is 0 Å². The van der Waals surface area contributed by atoms with Crippen LogP contribution in [-0.2, 0) is 7.05 Å². The van der Waals surface area contributed by atoms with Gasteiger partial charge in [-0.25, -0.2) is 4.98 Å². The average molecular weight is 179 g/mol. The molecule has 0 aromatic carbocycles. The fraction of sp³-hybridized carbons (Fsp3) is 0.500. The SMILES string of the molecule is C=CCC(NCC)c1nccn1C. The van der Waals surface area contributed by atoms with Crippen LogP contribution in [0.1, 0.15) is 25.2 Å². The maximum atomic E-state index is 4.31. The second kappa shape index (κ2) is 4.82. The number of imidazole rings is 1. The van der Waals surface area contributed by atoms with Gasteiger partial charge in [0, 0.05) is 19.4 Å². The molecule has 1 aromatic rings. The highest BCUT2D eigenvalue weighted by molar-refractivity contribution is 5.00. The first-order valence-electron chi connectivity index (χ1n) is 4.61. The van der Waals surface area contributed by atoms with Gasteiger partial charge in [0.2, 0.25) is 0 Å². The molecule has 72 valence electrons. The lowest BCUT2D eigenvalue weighted by molar-refractivity contribution is 0.514. The molecule has 0 saturated heterocycles. The van der Waals surface area contributed by atoms with Gasteiger partial charge in [0.25, 0.3) is 0 Å². The third-order valence-electron chi connectivity index (χ3n) is 2.02. The maximum Gasteiger partial charge on any atom is 0.125 e. The van der Waals surface area contributed by atoms with Crippen molar-refractivity contribution in [2.45, 2.75) is 19.4 Å². The minimum Gasteiger partial charge on any atom is -0.337 e. The molecule has 1 atom stereocenters.